The van der Waals surface area contributed by atoms with E-state index in [2.05, 4.69) is 57.5 Å². The second kappa shape index (κ2) is 6.51. The van der Waals surface area contributed by atoms with E-state index < -0.39 is 0 Å². The molecule has 0 saturated carbocycles. The molecule has 0 heterocycles. The monoisotopic (exact) mass is 230 g/mol. The van der Waals surface area contributed by atoms with Gasteiger partial charge in [0.2, 0.25) is 0 Å². The molecule has 0 aliphatic heterocycles. The predicted molar refractivity (Wildman–Crippen MR) is 71.0 cm³/mol. The van der Waals surface area contributed by atoms with Gasteiger partial charge in [0.05, 0.1) is 12.1 Å². The van der Waals surface area contributed by atoms with Crippen LogP contribution in [0.4, 0.5) is 0 Å². The lowest BCUT2D eigenvalue weighted by Gasteiger charge is -2.32. The molecular weight excluding hydrogens is 204 g/mol. The number of thiol groups is 1. The summed E-state index contributed by atoms with van der Waals surface area (Å²) in [6, 6.07) is 0. The van der Waals surface area contributed by atoms with Crippen LogP contribution >= 0.6 is 12.6 Å². The third-order valence-electron chi connectivity index (χ3n) is 3.09. The van der Waals surface area contributed by atoms with Gasteiger partial charge in [-0.1, -0.05) is 34.1 Å². The first kappa shape index (κ1) is 14.9. The van der Waals surface area contributed by atoms with Crippen molar-refractivity contribution in [1.82, 2.24) is 0 Å². The lowest BCUT2D eigenvalue weighted by molar-refractivity contribution is 0.228. The van der Waals surface area contributed by atoms with Crippen LogP contribution in [-0.2, 0) is 0 Å². The Morgan fingerprint density at radius 3 is 2.07 bits per heavy atom. The van der Waals surface area contributed by atoms with Crippen LogP contribution in [0.3, 0.4) is 0 Å². The first-order valence-electron chi connectivity index (χ1n) is 5.88. The van der Waals surface area contributed by atoms with E-state index in [9.17, 15) is 0 Å². The Balaban J connectivity index is 4.43. The Hall–Kier alpha value is -0.0500. The minimum absolute atomic E-state index is 0.00244. The summed E-state index contributed by atoms with van der Waals surface area (Å²) in [4.78, 5) is 0. The Bertz CT molecular complexity index is 202. The molecule has 0 aromatic heterocycles. The van der Waals surface area contributed by atoms with Gasteiger partial charge in [-0.3, -0.25) is 0 Å². The summed E-state index contributed by atoms with van der Waals surface area (Å²) >= 11 is 4.13. The van der Waals surface area contributed by atoms with E-state index in [4.69, 9.17) is 0 Å². The summed E-state index contributed by atoms with van der Waals surface area (Å²) < 4.78 is 0. The van der Waals surface area contributed by atoms with Gasteiger partial charge < -0.3 is 0 Å². The Labute approximate surface area is 100 Å². The topological polar surface area (TPSA) is 24.7 Å². The predicted octanol–water partition coefficient (Wildman–Crippen LogP) is 4.36. The van der Waals surface area contributed by atoms with Crippen molar-refractivity contribution >= 4 is 12.6 Å². The van der Waals surface area contributed by atoms with Crippen LogP contribution in [0, 0.1) is 5.41 Å². The van der Waals surface area contributed by atoms with Crippen LogP contribution in [0.1, 0.15) is 53.9 Å². The maximum atomic E-state index is 4.47. The molecule has 2 nitrogen and oxygen atoms in total. The van der Waals surface area contributed by atoms with Crippen LogP contribution < -0.4 is 0 Å². The van der Waals surface area contributed by atoms with E-state index >= 15 is 0 Å². The molecule has 0 aliphatic carbocycles. The molecule has 0 N–H and O–H groups in total. The first-order chi connectivity index (χ1) is 6.89. The van der Waals surface area contributed by atoms with Gasteiger partial charge in [-0.05, 0) is 25.2 Å². The van der Waals surface area contributed by atoms with Gasteiger partial charge in [-0.25, -0.2) is 0 Å². The van der Waals surface area contributed by atoms with Crippen molar-refractivity contribution in [3.63, 3.8) is 0 Å². The van der Waals surface area contributed by atoms with E-state index in [1.807, 2.05) is 0 Å². The fourth-order valence-electron chi connectivity index (χ4n) is 1.65. The number of rotatable bonds is 7. The van der Waals surface area contributed by atoms with Crippen LogP contribution in [0.25, 0.3) is 0 Å². The zero-order chi connectivity index (χ0) is 11.9. The largest absolute Gasteiger partial charge is 0.193 e. The van der Waals surface area contributed by atoms with Crippen molar-refractivity contribution in [2.45, 2.75) is 59.4 Å². The third kappa shape index (κ3) is 6.18. The minimum atomic E-state index is 0.00244. The van der Waals surface area contributed by atoms with Crippen molar-refractivity contribution in [2.24, 2.45) is 15.6 Å². The Kier molecular flexibility index (Phi) is 6.49. The highest BCUT2D eigenvalue weighted by molar-refractivity contribution is 7.80. The standard InChI is InChI=1S/C12H26N2S/c1-6-11(3,4)10-12(5,7-2)14-13-8-9-15/h15H,6-10H2,1-5H3. The van der Waals surface area contributed by atoms with Crippen molar-refractivity contribution in [1.29, 1.82) is 0 Å². The quantitative estimate of drug-likeness (QED) is 0.496. The Morgan fingerprint density at radius 2 is 1.67 bits per heavy atom. The molecule has 0 spiro atoms. The second-order valence-electron chi connectivity index (χ2n) is 5.23. The fraction of sp³-hybridized carbons (Fsp3) is 1.00. The molecule has 1 unspecified atom stereocenters. The van der Waals surface area contributed by atoms with E-state index in [-0.39, 0.29) is 5.54 Å². The zero-order valence-corrected chi connectivity index (χ0v) is 11.8. The molecule has 0 rings (SSSR count). The molecule has 15 heavy (non-hydrogen) atoms. The minimum Gasteiger partial charge on any atom is -0.193 e. The molecule has 0 fully saturated rings. The normalized spacial score (nSPS) is 16.9. The molecule has 0 aromatic carbocycles. The maximum Gasteiger partial charge on any atom is 0.0790 e. The van der Waals surface area contributed by atoms with Crippen LogP contribution in [0.15, 0.2) is 10.2 Å². The molecular formula is C12H26N2S. The molecule has 0 aliphatic rings. The smallest absolute Gasteiger partial charge is 0.0790 e. The van der Waals surface area contributed by atoms with Gasteiger partial charge in [0.1, 0.15) is 0 Å². The lowest BCUT2D eigenvalue weighted by Crippen LogP contribution is -2.28. The molecule has 1 atom stereocenters. The number of hydrogen-bond donors (Lipinski definition) is 1. The summed E-state index contributed by atoms with van der Waals surface area (Å²) in [6.07, 6.45) is 3.33. The zero-order valence-electron chi connectivity index (χ0n) is 10.9. The molecule has 0 bridgehead atoms. The molecule has 0 amide bonds. The van der Waals surface area contributed by atoms with Gasteiger partial charge in [0.15, 0.2) is 0 Å². The van der Waals surface area contributed by atoms with Crippen LogP contribution in [-0.4, -0.2) is 17.8 Å². The molecule has 0 aromatic rings. The van der Waals surface area contributed by atoms with E-state index in [0.717, 1.165) is 25.1 Å². The highest BCUT2D eigenvalue weighted by Gasteiger charge is 2.29. The summed E-state index contributed by atoms with van der Waals surface area (Å²) in [5.74, 6) is 0.778. The van der Waals surface area contributed by atoms with E-state index in [0.29, 0.717) is 5.41 Å². The van der Waals surface area contributed by atoms with Gasteiger partial charge in [0, 0.05) is 5.75 Å². The SMILES string of the molecule is CCC(C)(C)CC(C)(CC)N=NCCS. The molecule has 90 valence electrons. The lowest BCUT2D eigenvalue weighted by atomic mass is 9.77. The van der Waals surface area contributed by atoms with Crippen LogP contribution in [0.2, 0.25) is 0 Å². The summed E-state index contributed by atoms with van der Waals surface area (Å²) in [5.41, 5.74) is 0.354. The summed E-state index contributed by atoms with van der Waals surface area (Å²) in [5, 5.41) is 8.67. The van der Waals surface area contributed by atoms with Crippen molar-refractivity contribution < 1.29 is 0 Å². The first-order valence-corrected chi connectivity index (χ1v) is 6.52. The Morgan fingerprint density at radius 1 is 1.07 bits per heavy atom. The van der Waals surface area contributed by atoms with Crippen LogP contribution in [0.5, 0.6) is 0 Å². The molecule has 3 heteroatoms. The highest BCUT2D eigenvalue weighted by Crippen LogP contribution is 2.35. The van der Waals surface area contributed by atoms with Gasteiger partial charge in [0.25, 0.3) is 0 Å². The highest BCUT2D eigenvalue weighted by atomic mass is 32.1. The average Bonchev–Trinajstić information content (AvgIpc) is 2.18. The van der Waals surface area contributed by atoms with Crippen molar-refractivity contribution in [3.8, 4) is 0 Å². The number of hydrogen-bond acceptors (Lipinski definition) is 3. The van der Waals surface area contributed by atoms with E-state index in [1.54, 1.807) is 0 Å². The summed E-state index contributed by atoms with van der Waals surface area (Å²) in [7, 11) is 0. The number of azo groups is 1. The van der Waals surface area contributed by atoms with E-state index in [1.165, 1.54) is 6.42 Å². The molecule has 0 radical (unpaired) electrons. The third-order valence-corrected chi connectivity index (χ3v) is 3.29. The van der Waals surface area contributed by atoms with Gasteiger partial charge >= 0.3 is 0 Å². The van der Waals surface area contributed by atoms with Crippen molar-refractivity contribution in [3.05, 3.63) is 0 Å². The fourth-order valence-corrected chi connectivity index (χ4v) is 1.74. The molecule has 0 saturated heterocycles. The van der Waals surface area contributed by atoms with Crippen molar-refractivity contribution in [2.75, 3.05) is 12.3 Å². The second-order valence-corrected chi connectivity index (χ2v) is 5.68. The summed E-state index contributed by atoms with van der Waals surface area (Å²) in [6.45, 7) is 12.0. The van der Waals surface area contributed by atoms with Gasteiger partial charge in [-0.2, -0.15) is 22.9 Å². The van der Waals surface area contributed by atoms with Gasteiger partial charge in [-0.15, -0.1) is 0 Å². The maximum absolute atomic E-state index is 4.47. The average molecular weight is 230 g/mol. The number of nitrogens with zero attached hydrogens (tertiary/aromatic N) is 2.